The second kappa shape index (κ2) is 5.30. The summed E-state index contributed by atoms with van der Waals surface area (Å²) in [6.45, 7) is 0.678. The predicted molar refractivity (Wildman–Crippen MR) is 67.6 cm³/mol. The molecular weight excluding hydrogens is 234 g/mol. The number of carbonyl (C=O) groups excluding carboxylic acids is 1. The topological polar surface area (TPSA) is 136 Å². The number of fused-ring (bicyclic) bond motifs is 1. The van der Waals surface area contributed by atoms with Gasteiger partial charge in [-0.05, 0) is 12.8 Å². The van der Waals surface area contributed by atoms with E-state index in [2.05, 4.69) is 25.3 Å². The van der Waals surface area contributed by atoms with Crippen molar-refractivity contribution in [2.24, 2.45) is 5.73 Å². The first-order valence-corrected chi connectivity index (χ1v) is 5.65. The number of nitrogens with one attached hydrogen (secondary N) is 2. The number of aromatic amines is 1. The molecule has 2 aromatic heterocycles. The molecule has 2 heterocycles. The number of nitrogens with zero attached hydrogens (tertiary/aromatic N) is 3. The van der Waals surface area contributed by atoms with Crippen LogP contribution >= 0.6 is 0 Å². The molecule has 0 aliphatic rings. The van der Waals surface area contributed by atoms with Gasteiger partial charge in [0.2, 0.25) is 11.9 Å². The summed E-state index contributed by atoms with van der Waals surface area (Å²) in [5.41, 5.74) is 11.9. The van der Waals surface area contributed by atoms with Crippen molar-refractivity contribution in [3.63, 3.8) is 0 Å². The Balaban J connectivity index is 1.94. The Morgan fingerprint density at radius 1 is 1.39 bits per heavy atom. The smallest absolute Gasteiger partial charge is 0.224 e. The quantitative estimate of drug-likeness (QED) is 0.532. The van der Waals surface area contributed by atoms with Gasteiger partial charge in [-0.2, -0.15) is 9.97 Å². The molecule has 0 bridgehead atoms. The molecular formula is C10H15N7O. The Kier molecular flexibility index (Phi) is 3.56. The number of H-pyrrole nitrogens is 1. The number of amides is 1. The maximum Gasteiger partial charge on any atom is 0.224 e. The van der Waals surface area contributed by atoms with Gasteiger partial charge in [0.25, 0.3) is 0 Å². The van der Waals surface area contributed by atoms with Crippen molar-refractivity contribution in [2.45, 2.75) is 19.3 Å². The summed E-state index contributed by atoms with van der Waals surface area (Å²) in [5, 5.41) is 3.13. The van der Waals surface area contributed by atoms with Crippen molar-refractivity contribution < 1.29 is 4.79 Å². The minimum Gasteiger partial charge on any atom is -0.370 e. The fraction of sp³-hybridized carbons (Fsp3) is 0.400. The minimum absolute atomic E-state index is 0.175. The molecule has 0 fully saturated rings. The van der Waals surface area contributed by atoms with Gasteiger partial charge in [-0.3, -0.25) is 4.79 Å². The van der Waals surface area contributed by atoms with Crippen LogP contribution in [0.15, 0.2) is 6.33 Å². The molecule has 0 unspecified atom stereocenters. The zero-order chi connectivity index (χ0) is 13.0. The summed E-state index contributed by atoms with van der Waals surface area (Å²) in [4.78, 5) is 25.6. The molecule has 8 nitrogen and oxygen atoms in total. The van der Waals surface area contributed by atoms with Crippen LogP contribution in [0.25, 0.3) is 11.2 Å². The van der Waals surface area contributed by atoms with Crippen LogP contribution in [0.1, 0.15) is 19.3 Å². The minimum atomic E-state index is -0.280. The van der Waals surface area contributed by atoms with Gasteiger partial charge < -0.3 is 21.8 Å². The first-order chi connectivity index (χ1) is 8.66. The van der Waals surface area contributed by atoms with Gasteiger partial charge in [0.1, 0.15) is 5.52 Å². The Labute approximate surface area is 103 Å². The average Bonchev–Trinajstić information content (AvgIpc) is 2.75. The molecule has 0 aliphatic heterocycles. The van der Waals surface area contributed by atoms with Crippen molar-refractivity contribution in [1.29, 1.82) is 0 Å². The molecule has 0 atom stereocenters. The van der Waals surface area contributed by atoms with E-state index in [0.29, 0.717) is 24.4 Å². The molecule has 0 saturated heterocycles. The molecule has 8 heteroatoms. The van der Waals surface area contributed by atoms with E-state index in [1.165, 1.54) is 6.33 Å². The summed E-state index contributed by atoms with van der Waals surface area (Å²) >= 11 is 0. The van der Waals surface area contributed by atoms with E-state index in [0.717, 1.165) is 18.4 Å². The van der Waals surface area contributed by atoms with Crippen molar-refractivity contribution in [3.05, 3.63) is 6.33 Å². The molecule has 2 rings (SSSR count). The Bertz CT molecular complexity index is 550. The van der Waals surface area contributed by atoms with E-state index in [-0.39, 0.29) is 11.9 Å². The number of hydrogen-bond acceptors (Lipinski definition) is 6. The number of imidazole rings is 1. The lowest BCUT2D eigenvalue weighted by molar-refractivity contribution is -0.118. The van der Waals surface area contributed by atoms with Crippen LogP contribution in [0.5, 0.6) is 0 Å². The number of anilines is 2. The highest BCUT2D eigenvalue weighted by Gasteiger charge is 2.07. The molecule has 0 aliphatic carbocycles. The highest BCUT2D eigenvalue weighted by molar-refractivity contribution is 5.83. The molecule has 18 heavy (non-hydrogen) atoms. The maximum atomic E-state index is 10.6. The van der Waals surface area contributed by atoms with Crippen molar-refractivity contribution in [2.75, 3.05) is 17.6 Å². The number of carbonyl (C=O) groups is 1. The number of nitrogen functional groups attached to an aromatic ring is 1. The first-order valence-electron chi connectivity index (χ1n) is 5.65. The van der Waals surface area contributed by atoms with E-state index in [1.807, 2.05) is 0 Å². The number of aromatic nitrogens is 4. The summed E-state index contributed by atoms with van der Waals surface area (Å²) in [7, 11) is 0. The van der Waals surface area contributed by atoms with Gasteiger partial charge in [0, 0.05) is 13.0 Å². The van der Waals surface area contributed by atoms with Crippen LogP contribution < -0.4 is 16.8 Å². The molecule has 1 amide bonds. The SMILES string of the molecule is NC(=O)CCCCNc1nc(N)nc2nc[nH]c12. The number of nitrogens with two attached hydrogens (primary N) is 2. The third-order valence-electron chi connectivity index (χ3n) is 2.45. The largest absolute Gasteiger partial charge is 0.370 e. The predicted octanol–water partition coefficient (Wildman–Crippen LogP) is 0.00260. The molecule has 0 saturated carbocycles. The average molecular weight is 249 g/mol. The fourth-order valence-corrected chi connectivity index (χ4v) is 1.61. The van der Waals surface area contributed by atoms with E-state index in [1.54, 1.807) is 0 Å². The van der Waals surface area contributed by atoms with E-state index in [4.69, 9.17) is 11.5 Å². The summed E-state index contributed by atoms with van der Waals surface area (Å²) in [6.07, 6.45) is 3.50. The molecule has 96 valence electrons. The van der Waals surface area contributed by atoms with Crippen LogP contribution in [0.3, 0.4) is 0 Å². The first kappa shape index (κ1) is 12.1. The second-order valence-corrected chi connectivity index (χ2v) is 3.88. The molecule has 2 aromatic rings. The van der Waals surface area contributed by atoms with Gasteiger partial charge in [0.05, 0.1) is 6.33 Å². The van der Waals surface area contributed by atoms with Gasteiger partial charge in [0.15, 0.2) is 11.5 Å². The number of rotatable bonds is 6. The zero-order valence-corrected chi connectivity index (χ0v) is 9.81. The monoisotopic (exact) mass is 249 g/mol. The van der Waals surface area contributed by atoms with E-state index >= 15 is 0 Å². The second-order valence-electron chi connectivity index (χ2n) is 3.88. The Morgan fingerprint density at radius 3 is 3.00 bits per heavy atom. The fourth-order valence-electron chi connectivity index (χ4n) is 1.61. The highest BCUT2D eigenvalue weighted by Crippen LogP contribution is 2.17. The van der Waals surface area contributed by atoms with Crippen LogP contribution in [0.2, 0.25) is 0 Å². The molecule has 0 aromatic carbocycles. The molecule has 6 N–H and O–H groups in total. The highest BCUT2D eigenvalue weighted by atomic mass is 16.1. The lowest BCUT2D eigenvalue weighted by atomic mass is 10.2. The molecule has 0 spiro atoms. The Hall–Kier alpha value is -2.38. The summed E-state index contributed by atoms with van der Waals surface area (Å²) < 4.78 is 0. The third kappa shape index (κ3) is 2.84. The van der Waals surface area contributed by atoms with Crippen LogP contribution in [0.4, 0.5) is 11.8 Å². The van der Waals surface area contributed by atoms with Crippen LogP contribution in [0, 0.1) is 0 Å². The van der Waals surface area contributed by atoms with Gasteiger partial charge in [-0.1, -0.05) is 0 Å². The summed E-state index contributed by atoms with van der Waals surface area (Å²) in [6, 6.07) is 0. The normalized spacial score (nSPS) is 10.7. The van der Waals surface area contributed by atoms with Gasteiger partial charge >= 0.3 is 0 Å². The van der Waals surface area contributed by atoms with Crippen LogP contribution in [-0.2, 0) is 4.79 Å². The van der Waals surface area contributed by atoms with E-state index < -0.39 is 0 Å². The zero-order valence-electron chi connectivity index (χ0n) is 9.81. The maximum absolute atomic E-state index is 10.6. The third-order valence-corrected chi connectivity index (χ3v) is 2.45. The van der Waals surface area contributed by atoms with Gasteiger partial charge in [-0.15, -0.1) is 0 Å². The number of primary amides is 1. The lowest BCUT2D eigenvalue weighted by Gasteiger charge is -2.06. The van der Waals surface area contributed by atoms with Crippen molar-refractivity contribution in [1.82, 2.24) is 19.9 Å². The standard InChI is InChI=1S/C10H15N7O/c11-6(18)3-1-2-4-13-8-7-9(15-5-14-7)17-10(12)16-8/h5H,1-4H2,(H2,11,18)(H4,12,13,14,15,16,17). The lowest BCUT2D eigenvalue weighted by Crippen LogP contribution is -2.11. The number of hydrogen-bond donors (Lipinski definition) is 4. The van der Waals surface area contributed by atoms with Crippen LogP contribution in [-0.4, -0.2) is 32.4 Å². The number of unbranched alkanes of at least 4 members (excludes halogenated alkanes) is 1. The molecule has 0 radical (unpaired) electrons. The van der Waals surface area contributed by atoms with Gasteiger partial charge in [-0.25, -0.2) is 4.98 Å². The van der Waals surface area contributed by atoms with E-state index in [9.17, 15) is 4.79 Å². The van der Waals surface area contributed by atoms with Crippen molar-refractivity contribution >= 4 is 28.8 Å². The van der Waals surface area contributed by atoms with Crippen molar-refractivity contribution in [3.8, 4) is 0 Å². The summed E-state index contributed by atoms with van der Waals surface area (Å²) in [5.74, 6) is 0.514. The Morgan fingerprint density at radius 2 is 2.22 bits per heavy atom.